The third kappa shape index (κ3) is 3.25. The lowest BCUT2D eigenvalue weighted by Gasteiger charge is -2.16. The third-order valence-corrected chi connectivity index (χ3v) is 5.15. The van der Waals surface area contributed by atoms with Gasteiger partial charge in [0.2, 0.25) is 0 Å². The Hall–Kier alpha value is -1.87. The lowest BCUT2D eigenvalue weighted by molar-refractivity contribution is 0.629. The Morgan fingerprint density at radius 3 is 2.52 bits per heavy atom. The van der Waals surface area contributed by atoms with E-state index in [-0.39, 0.29) is 5.82 Å². The van der Waals surface area contributed by atoms with Gasteiger partial charge in [-0.05, 0) is 42.4 Å². The Morgan fingerprint density at radius 2 is 1.83 bits per heavy atom. The molecule has 1 nitrogen and oxygen atoms in total. The van der Waals surface area contributed by atoms with Gasteiger partial charge in [-0.25, -0.2) is 4.39 Å². The van der Waals surface area contributed by atoms with Crippen LogP contribution in [0.3, 0.4) is 0 Å². The van der Waals surface area contributed by atoms with Gasteiger partial charge in [0, 0.05) is 21.5 Å². The first kappa shape index (κ1) is 16.0. The summed E-state index contributed by atoms with van der Waals surface area (Å²) < 4.78 is 13.8. The van der Waals surface area contributed by atoms with Crippen molar-refractivity contribution in [1.29, 1.82) is 0 Å². The quantitative estimate of drug-likeness (QED) is 0.525. The first-order chi connectivity index (χ1) is 11.2. The predicted molar refractivity (Wildman–Crippen MR) is 97.5 cm³/mol. The number of nitrogens with zero attached hydrogens (tertiary/aromatic N) is 1. The van der Waals surface area contributed by atoms with Crippen molar-refractivity contribution < 1.29 is 4.39 Å². The number of halogens is 1. The molecular weight excluding hydrogens is 305 g/mol. The van der Waals surface area contributed by atoms with Crippen molar-refractivity contribution in [1.82, 2.24) is 4.98 Å². The average molecular weight is 325 g/mol. The van der Waals surface area contributed by atoms with Gasteiger partial charge in [0.15, 0.2) is 0 Å². The van der Waals surface area contributed by atoms with E-state index < -0.39 is 0 Å². The molecule has 23 heavy (non-hydrogen) atoms. The summed E-state index contributed by atoms with van der Waals surface area (Å²) in [6, 6.07) is 15.2. The molecule has 0 bridgehead atoms. The van der Waals surface area contributed by atoms with Crippen LogP contribution in [0.1, 0.15) is 26.0 Å². The van der Waals surface area contributed by atoms with Gasteiger partial charge in [-0.2, -0.15) is 0 Å². The second-order valence-corrected chi connectivity index (χ2v) is 6.60. The number of hydrogen-bond acceptors (Lipinski definition) is 2. The maximum absolute atomic E-state index is 13.8. The van der Waals surface area contributed by atoms with E-state index in [4.69, 9.17) is 4.98 Å². The van der Waals surface area contributed by atoms with E-state index in [2.05, 4.69) is 26.0 Å². The number of pyridine rings is 1. The molecule has 118 valence electrons. The van der Waals surface area contributed by atoms with Gasteiger partial charge in [-0.15, -0.1) is 11.8 Å². The van der Waals surface area contributed by atoms with E-state index in [1.165, 1.54) is 6.07 Å². The molecule has 1 heterocycles. The number of aryl methyl sites for hydroxylation is 1. The predicted octanol–water partition coefficient (Wildman–Crippen LogP) is 6.11. The number of thioether (sulfide) groups is 1. The van der Waals surface area contributed by atoms with Crippen LogP contribution in [0.25, 0.3) is 22.0 Å². The van der Waals surface area contributed by atoms with E-state index in [0.717, 1.165) is 51.2 Å². The number of aromatic nitrogens is 1. The van der Waals surface area contributed by atoms with E-state index in [1.807, 2.05) is 18.2 Å². The summed E-state index contributed by atoms with van der Waals surface area (Å²) in [4.78, 5) is 5.95. The molecule has 0 atom stereocenters. The van der Waals surface area contributed by atoms with E-state index in [1.54, 1.807) is 23.9 Å². The fourth-order valence-electron chi connectivity index (χ4n) is 2.77. The van der Waals surface area contributed by atoms with Crippen molar-refractivity contribution in [3.8, 4) is 11.1 Å². The fraction of sp³-hybridized carbons (Fsp3) is 0.250. The van der Waals surface area contributed by atoms with Gasteiger partial charge < -0.3 is 0 Å². The highest BCUT2D eigenvalue weighted by atomic mass is 32.2. The van der Waals surface area contributed by atoms with Crippen LogP contribution in [0.5, 0.6) is 0 Å². The minimum atomic E-state index is -0.207. The molecule has 0 radical (unpaired) electrons. The van der Waals surface area contributed by atoms with Crippen molar-refractivity contribution >= 4 is 22.7 Å². The molecule has 0 unspecified atom stereocenters. The summed E-state index contributed by atoms with van der Waals surface area (Å²) in [7, 11) is 0. The molecule has 1 aromatic heterocycles. The van der Waals surface area contributed by atoms with Crippen LogP contribution in [0.15, 0.2) is 53.4 Å². The van der Waals surface area contributed by atoms with Gasteiger partial charge >= 0.3 is 0 Å². The maximum atomic E-state index is 13.8. The van der Waals surface area contributed by atoms with Crippen LogP contribution in [0, 0.1) is 5.82 Å². The second kappa shape index (κ2) is 7.14. The molecule has 2 aromatic carbocycles. The standard InChI is InChI=1S/C20H20FNS/c1-3-12-23-20-16-13-15(21)10-11-18(16)22-17(4-2)19(20)14-8-6-5-7-9-14/h5-11,13H,3-4,12H2,1-2H3. The molecule has 0 aliphatic rings. The zero-order valence-corrected chi connectivity index (χ0v) is 14.3. The number of benzene rings is 2. The fourth-order valence-corrected chi connectivity index (χ4v) is 3.87. The monoisotopic (exact) mass is 325 g/mol. The van der Waals surface area contributed by atoms with E-state index in [9.17, 15) is 4.39 Å². The average Bonchev–Trinajstić information content (AvgIpc) is 2.59. The first-order valence-corrected chi connectivity index (χ1v) is 9.03. The highest BCUT2D eigenvalue weighted by Crippen LogP contribution is 2.39. The topological polar surface area (TPSA) is 12.9 Å². The summed E-state index contributed by atoms with van der Waals surface area (Å²) in [5.74, 6) is 0.805. The minimum absolute atomic E-state index is 0.207. The molecule has 0 amide bonds. The number of rotatable bonds is 5. The molecule has 0 saturated carbocycles. The van der Waals surface area contributed by atoms with Crippen LogP contribution in [-0.2, 0) is 6.42 Å². The van der Waals surface area contributed by atoms with Crippen LogP contribution in [-0.4, -0.2) is 10.7 Å². The lowest BCUT2D eigenvalue weighted by Crippen LogP contribution is -1.98. The van der Waals surface area contributed by atoms with Crippen molar-refractivity contribution in [2.24, 2.45) is 0 Å². The summed E-state index contributed by atoms with van der Waals surface area (Å²) in [5, 5.41) is 0.916. The highest BCUT2D eigenvalue weighted by molar-refractivity contribution is 7.99. The largest absolute Gasteiger partial charge is 0.252 e. The zero-order valence-electron chi connectivity index (χ0n) is 13.5. The Bertz CT molecular complexity index is 815. The molecule has 3 heteroatoms. The highest BCUT2D eigenvalue weighted by Gasteiger charge is 2.16. The third-order valence-electron chi connectivity index (χ3n) is 3.82. The molecule has 3 rings (SSSR count). The summed E-state index contributed by atoms with van der Waals surface area (Å²) in [6.45, 7) is 4.29. The molecular formula is C20H20FNS. The van der Waals surface area contributed by atoms with Gasteiger partial charge in [0.05, 0.1) is 5.52 Å². The van der Waals surface area contributed by atoms with Gasteiger partial charge in [0.25, 0.3) is 0 Å². The Labute approximate surface area is 141 Å². The summed E-state index contributed by atoms with van der Waals surface area (Å²) in [5.41, 5.74) is 4.27. The number of fused-ring (bicyclic) bond motifs is 1. The smallest absolute Gasteiger partial charge is 0.124 e. The van der Waals surface area contributed by atoms with E-state index >= 15 is 0 Å². The Balaban J connectivity index is 2.34. The molecule has 0 aliphatic heterocycles. The zero-order chi connectivity index (χ0) is 16.2. The van der Waals surface area contributed by atoms with Crippen LogP contribution >= 0.6 is 11.8 Å². The van der Waals surface area contributed by atoms with Gasteiger partial charge in [-0.1, -0.05) is 44.2 Å². The van der Waals surface area contributed by atoms with Crippen LogP contribution < -0.4 is 0 Å². The molecule has 0 saturated heterocycles. The van der Waals surface area contributed by atoms with Crippen molar-refractivity contribution in [3.05, 3.63) is 60.0 Å². The summed E-state index contributed by atoms with van der Waals surface area (Å²) >= 11 is 1.80. The van der Waals surface area contributed by atoms with Crippen molar-refractivity contribution in [3.63, 3.8) is 0 Å². The second-order valence-electron chi connectivity index (χ2n) is 5.49. The molecule has 3 aromatic rings. The number of hydrogen-bond donors (Lipinski definition) is 0. The van der Waals surface area contributed by atoms with Gasteiger partial charge in [-0.3, -0.25) is 4.98 Å². The van der Waals surface area contributed by atoms with Crippen molar-refractivity contribution in [2.75, 3.05) is 5.75 Å². The first-order valence-electron chi connectivity index (χ1n) is 8.05. The maximum Gasteiger partial charge on any atom is 0.124 e. The summed E-state index contributed by atoms with van der Waals surface area (Å²) in [6.07, 6.45) is 1.94. The molecule has 0 N–H and O–H groups in total. The molecule has 0 aliphatic carbocycles. The minimum Gasteiger partial charge on any atom is -0.252 e. The Morgan fingerprint density at radius 1 is 1.04 bits per heavy atom. The molecule has 0 spiro atoms. The molecule has 0 fully saturated rings. The van der Waals surface area contributed by atoms with Gasteiger partial charge in [0.1, 0.15) is 5.82 Å². The van der Waals surface area contributed by atoms with Crippen LogP contribution in [0.4, 0.5) is 4.39 Å². The van der Waals surface area contributed by atoms with Crippen LogP contribution in [0.2, 0.25) is 0 Å². The SMILES string of the molecule is CCCSc1c(-c2ccccc2)c(CC)nc2ccc(F)cc12. The van der Waals surface area contributed by atoms with Crippen molar-refractivity contribution in [2.45, 2.75) is 31.6 Å². The Kier molecular flexibility index (Phi) is 4.97. The normalized spacial score (nSPS) is 11.1. The lowest BCUT2D eigenvalue weighted by atomic mass is 10.00. The van der Waals surface area contributed by atoms with E-state index in [0.29, 0.717) is 0 Å².